The molecular formula is C21H16F3N5OS. The third-order valence-electron chi connectivity index (χ3n) is 4.47. The summed E-state index contributed by atoms with van der Waals surface area (Å²) in [4.78, 5) is 16.7. The van der Waals surface area contributed by atoms with Gasteiger partial charge < -0.3 is 9.88 Å². The minimum atomic E-state index is -4.48. The van der Waals surface area contributed by atoms with E-state index in [9.17, 15) is 18.0 Å². The zero-order chi connectivity index (χ0) is 22.0. The van der Waals surface area contributed by atoms with Gasteiger partial charge in [-0.2, -0.15) is 13.2 Å². The third-order valence-corrected chi connectivity index (χ3v) is 5.31. The predicted octanol–water partition coefficient (Wildman–Crippen LogP) is 4.92. The molecule has 31 heavy (non-hydrogen) atoms. The summed E-state index contributed by atoms with van der Waals surface area (Å²) in [5.41, 5.74) is 1.46. The van der Waals surface area contributed by atoms with E-state index in [0.717, 1.165) is 34.8 Å². The Kier molecular flexibility index (Phi) is 5.64. The SMILES string of the molecule is C=CCn1c2ccccc2c2nnc(SCC(=O)Nc3cccc(C(F)(F)F)c3)nc21. The number of anilines is 1. The molecule has 0 aliphatic heterocycles. The van der Waals surface area contributed by atoms with Crippen molar-refractivity contribution in [1.82, 2.24) is 19.7 Å². The van der Waals surface area contributed by atoms with Crippen molar-refractivity contribution in [1.29, 1.82) is 0 Å². The maximum absolute atomic E-state index is 12.8. The first-order valence-corrected chi connectivity index (χ1v) is 10.2. The van der Waals surface area contributed by atoms with Crippen molar-refractivity contribution in [3.63, 3.8) is 0 Å². The molecular weight excluding hydrogens is 427 g/mol. The molecule has 2 aromatic heterocycles. The van der Waals surface area contributed by atoms with Gasteiger partial charge in [0.25, 0.3) is 0 Å². The average Bonchev–Trinajstić information content (AvgIpc) is 3.05. The number of carbonyl (C=O) groups excluding carboxylic acids is 1. The quantitative estimate of drug-likeness (QED) is 0.338. The van der Waals surface area contributed by atoms with Gasteiger partial charge in [-0.3, -0.25) is 4.79 Å². The van der Waals surface area contributed by atoms with Crippen LogP contribution in [0, 0.1) is 0 Å². The number of fused-ring (bicyclic) bond motifs is 3. The average molecular weight is 443 g/mol. The maximum Gasteiger partial charge on any atom is 0.416 e. The number of rotatable bonds is 6. The molecule has 1 amide bonds. The van der Waals surface area contributed by atoms with Crippen LogP contribution in [-0.2, 0) is 17.5 Å². The highest BCUT2D eigenvalue weighted by Crippen LogP contribution is 2.31. The smallest absolute Gasteiger partial charge is 0.325 e. The molecule has 0 aliphatic carbocycles. The fourth-order valence-corrected chi connectivity index (χ4v) is 3.75. The van der Waals surface area contributed by atoms with Crippen LogP contribution in [0.5, 0.6) is 0 Å². The molecule has 4 rings (SSSR count). The molecule has 0 aliphatic rings. The second-order valence-electron chi connectivity index (χ2n) is 6.60. The Hall–Kier alpha value is -3.40. The number of allylic oxidation sites excluding steroid dienone is 1. The van der Waals surface area contributed by atoms with Crippen LogP contribution in [0.15, 0.2) is 66.3 Å². The molecule has 0 atom stereocenters. The number of nitrogens with zero attached hydrogens (tertiary/aromatic N) is 4. The molecule has 0 radical (unpaired) electrons. The molecule has 158 valence electrons. The van der Waals surface area contributed by atoms with Gasteiger partial charge in [-0.05, 0) is 24.3 Å². The number of hydrogen-bond acceptors (Lipinski definition) is 5. The Balaban J connectivity index is 1.51. The van der Waals surface area contributed by atoms with E-state index >= 15 is 0 Å². The van der Waals surface area contributed by atoms with Crippen LogP contribution in [0.3, 0.4) is 0 Å². The van der Waals surface area contributed by atoms with Gasteiger partial charge >= 0.3 is 6.18 Å². The molecule has 0 spiro atoms. The number of amides is 1. The third kappa shape index (κ3) is 4.38. The van der Waals surface area contributed by atoms with E-state index in [1.54, 1.807) is 6.08 Å². The predicted molar refractivity (Wildman–Crippen MR) is 114 cm³/mol. The van der Waals surface area contributed by atoms with Gasteiger partial charge in [-0.1, -0.05) is 42.1 Å². The topological polar surface area (TPSA) is 72.7 Å². The van der Waals surface area contributed by atoms with Crippen molar-refractivity contribution in [2.75, 3.05) is 11.1 Å². The second kappa shape index (κ2) is 8.38. The van der Waals surface area contributed by atoms with Crippen molar-refractivity contribution in [3.8, 4) is 0 Å². The number of alkyl halides is 3. The number of para-hydroxylation sites is 1. The van der Waals surface area contributed by atoms with Crippen molar-refractivity contribution in [2.24, 2.45) is 0 Å². The Bertz CT molecular complexity index is 1290. The van der Waals surface area contributed by atoms with Crippen LogP contribution < -0.4 is 5.32 Å². The lowest BCUT2D eigenvalue weighted by molar-refractivity contribution is -0.137. The Morgan fingerprint density at radius 1 is 1.16 bits per heavy atom. The molecule has 1 N–H and O–H groups in total. The number of thioether (sulfide) groups is 1. The molecule has 0 bridgehead atoms. The van der Waals surface area contributed by atoms with Crippen LogP contribution >= 0.6 is 11.8 Å². The summed E-state index contributed by atoms with van der Waals surface area (Å²) < 4.78 is 40.4. The fraction of sp³-hybridized carbons (Fsp3) is 0.143. The van der Waals surface area contributed by atoms with Gasteiger partial charge in [0.1, 0.15) is 5.52 Å². The van der Waals surface area contributed by atoms with Gasteiger partial charge in [-0.25, -0.2) is 4.98 Å². The first-order chi connectivity index (χ1) is 14.9. The first-order valence-electron chi connectivity index (χ1n) is 9.19. The van der Waals surface area contributed by atoms with Crippen LogP contribution in [0.2, 0.25) is 0 Å². The standard InChI is InChI=1S/C21H16F3N5OS/c1-2-10-29-16-9-4-3-8-15(16)18-19(29)26-20(28-27-18)31-12-17(30)25-14-7-5-6-13(11-14)21(22,23)24/h2-9,11H,1,10,12H2,(H,25,30). The highest BCUT2D eigenvalue weighted by atomic mass is 32.2. The Labute approximate surface area is 179 Å². The van der Waals surface area contributed by atoms with Crippen LogP contribution in [0.25, 0.3) is 22.1 Å². The molecule has 0 saturated heterocycles. The summed E-state index contributed by atoms with van der Waals surface area (Å²) in [6.45, 7) is 4.31. The lowest BCUT2D eigenvalue weighted by Crippen LogP contribution is -2.15. The molecule has 10 heteroatoms. The number of aromatic nitrogens is 4. The summed E-state index contributed by atoms with van der Waals surface area (Å²) >= 11 is 1.05. The molecule has 0 saturated carbocycles. The summed E-state index contributed by atoms with van der Waals surface area (Å²) in [5, 5.41) is 12.0. The number of carbonyl (C=O) groups is 1. The zero-order valence-corrected chi connectivity index (χ0v) is 16.9. The van der Waals surface area contributed by atoms with E-state index in [4.69, 9.17) is 0 Å². The summed E-state index contributed by atoms with van der Waals surface area (Å²) in [5.74, 6) is -0.551. The molecule has 2 heterocycles. The minimum Gasteiger partial charge on any atom is -0.325 e. The highest BCUT2D eigenvalue weighted by Gasteiger charge is 2.30. The van der Waals surface area contributed by atoms with E-state index in [0.29, 0.717) is 22.9 Å². The van der Waals surface area contributed by atoms with E-state index in [-0.39, 0.29) is 11.4 Å². The molecule has 6 nitrogen and oxygen atoms in total. The van der Waals surface area contributed by atoms with E-state index in [2.05, 4.69) is 27.1 Å². The van der Waals surface area contributed by atoms with Gasteiger partial charge in [0.05, 0.1) is 16.8 Å². The minimum absolute atomic E-state index is 0.0704. The van der Waals surface area contributed by atoms with E-state index in [1.165, 1.54) is 12.1 Å². The molecule has 4 aromatic rings. The summed E-state index contributed by atoms with van der Waals surface area (Å²) in [6, 6.07) is 12.2. The van der Waals surface area contributed by atoms with Crippen LogP contribution in [0.4, 0.5) is 18.9 Å². The van der Waals surface area contributed by atoms with Gasteiger partial charge in [-0.15, -0.1) is 16.8 Å². The summed E-state index contributed by atoms with van der Waals surface area (Å²) in [6.07, 6.45) is -2.72. The van der Waals surface area contributed by atoms with Crippen molar-refractivity contribution < 1.29 is 18.0 Å². The van der Waals surface area contributed by atoms with Crippen molar-refractivity contribution in [3.05, 3.63) is 66.7 Å². The summed E-state index contributed by atoms with van der Waals surface area (Å²) in [7, 11) is 0. The van der Waals surface area contributed by atoms with Crippen LogP contribution in [-0.4, -0.2) is 31.4 Å². The Morgan fingerprint density at radius 2 is 1.97 bits per heavy atom. The molecule has 0 unspecified atom stereocenters. The van der Waals surface area contributed by atoms with E-state index in [1.807, 2.05) is 28.8 Å². The number of benzene rings is 2. The van der Waals surface area contributed by atoms with E-state index < -0.39 is 17.6 Å². The lowest BCUT2D eigenvalue weighted by Gasteiger charge is -2.09. The fourth-order valence-electron chi connectivity index (χ4n) is 3.16. The molecule has 0 fully saturated rings. The monoisotopic (exact) mass is 443 g/mol. The number of hydrogen-bond donors (Lipinski definition) is 1. The van der Waals surface area contributed by atoms with Crippen molar-refractivity contribution >= 4 is 45.4 Å². The first kappa shape index (κ1) is 20.9. The van der Waals surface area contributed by atoms with Gasteiger partial charge in [0.15, 0.2) is 5.65 Å². The number of nitrogens with one attached hydrogen (secondary N) is 1. The van der Waals surface area contributed by atoms with Gasteiger partial charge in [0, 0.05) is 17.6 Å². The van der Waals surface area contributed by atoms with Gasteiger partial charge in [0.2, 0.25) is 11.1 Å². The lowest BCUT2D eigenvalue weighted by atomic mass is 10.2. The second-order valence-corrected chi connectivity index (χ2v) is 7.54. The number of halogens is 3. The Morgan fingerprint density at radius 3 is 2.74 bits per heavy atom. The normalized spacial score (nSPS) is 11.7. The zero-order valence-electron chi connectivity index (χ0n) is 16.1. The van der Waals surface area contributed by atoms with Crippen molar-refractivity contribution in [2.45, 2.75) is 17.9 Å². The highest BCUT2D eigenvalue weighted by molar-refractivity contribution is 7.99. The molecule has 2 aromatic carbocycles. The van der Waals surface area contributed by atoms with Crippen LogP contribution in [0.1, 0.15) is 5.56 Å². The maximum atomic E-state index is 12.8. The largest absolute Gasteiger partial charge is 0.416 e.